The molecule has 2 atom stereocenters. The van der Waals surface area contributed by atoms with Crippen molar-refractivity contribution in [3.63, 3.8) is 0 Å². The molecule has 0 aromatic heterocycles. The number of hydrogen-bond donors (Lipinski definition) is 1. The third-order valence-electron chi connectivity index (χ3n) is 5.01. The van der Waals surface area contributed by atoms with Crippen LogP contribution in [0.4, 0.5) is 4.79 Å². The van der Waals surface area contributed by atoms with Crippen LogP contribution in [0.5, 0.6) is 5.75 Å². The number of rotatable bonds is 2. The fraction of sp³-hybridized carbons (Fsp3) is 0.300. The largest absolute Gasteiger partial charge is 0.497 e. The lowest BCUT2D eigenvalue weighted by molar-refractivity contribution is 0.239. The molecule has 122 valence electrons. The highest BCUT2D eigenvalue weighted by Crippen LogP contribution is 2.38. The van der Waals surface area contributed by atoms with E-state index in [-0.39, 0.29) is 18.0 Å². The lowest BCUT2D eigenvalue weighted by Crippen LogP contribution is -2.43. The molecule has 1 N–H and O–H groups in total. The van der Waals surface area contributed by atoms with Crippen LogP contribution < -0.4 is 10.1 Å². The highest BCUT2D eigenvalue weighted by atomic mass is 16.5. The minimum Gasteiger partial charge on any atom is -0.497 e. The van der Waals surface area contributed by atoms with Crippen molar-refractivity contribution in [1.29, 1.82) is 0 Å². The first-order valence-corrected chi connectivity index (χ1v) is 8.28. The van der Waals surface area contributed by atoms with Crippen molar-refractivity contribution in [3.05, 3.63) is 64.7 Å². The second kappa shape index (κ2) is 5.78. The van der Waals surface area contributed by atoms with Gasteiger partial charge in [0.15, 0.2) is 0 Å². The van der Waals surface area contributed by atoms with Crippen molar-refractivity contribution in [1.82, 2.24) is 5.32 Å². The van der Waals surface area contributed by atoms with Crippen molar-refractivity contribution < 1.29 is 9.53 Å². The van der Waals surface area contributed by atoms with E-state index in [1.165, 1.54) is 11.1 Å². The molecular formula is C20H20N2O2. The first-order chi connectivity index (χ1) is 11.7. The Labute approximate surface area is 141 Å². The summed E-state index contributed by atoms with van der Waals surface area (Å²) in [4.78, 5) is 16.5. The minimum absolute atomic E-state index is 0.0232. The maximum Gasteiger partial charge on any atom is 0.341 e. The third-order valence-corrected chi connectivity index (χ3v) is 5.01. The van der Waals surface area contributed by atoms with Gasteiger partial charge < -0.3 is 10.1 Å². The highest BCUT2D eigenvalue weighted by Gasteiger charge is 2.37. The van der Waals surface area contributed by atoms with Crippen LogP contribution in [0, 0.1) is 12.8 Å². The van der Waals surface area contributed by atoms with E-state index in [1.807, 2.05) is 12.1 Å². The fourth-order valence-electron chi connectivity index (χ4n) is 3.72. The Morgan fingerprint density at radius 1 is 1.17 bits per heavy atom. The van der Waals surface area contributed by atoms with Crippen LogP contribution in [0.1, 0.15) is 34.7 Å². The normalized spacial score (nSPS) is 22.1. The number of nitrogens with zero attached hydrogens (tertiary/aromatic N) is 1. The third kappa shape index (κ3) is 2.48. The number of aliphatic imine (C=N–C) groups is 1. The zero-order valence-corrected chi connectivity index (χ0v) is 13.9. The molecule has 0 fully saturated rings. The van der Waals surface area contributed by atoms with E-state index in [2.05, 4.69) is 47.6 Å². The summed E-state index contributed by atoms with van der Waals surface area (Å²) in [6, 6.07) is 14.2. The number of carbonyl (C=O) groups excluding carboxylic acids is 1. The summed E-state index contributed by atoms with van der Waals surface area (Å²) in [5.41, 5.74) is 5.54. The van der Waals surface area contributed by atoms with E-state index in [1.54, 1.807) is 7.11 Å². The summed E-state index contributed by atoms with van der Waals surface area (Å²) in [6.07, 6.45) is 1.97. The Bertz CT molecular complexity index is 824. The number of benzene rings is 2. The number of aryl methyl sites for hydroxylation is 2. The number of nitrogens with one attached hydrogen (secondary N) is 1. The molecule has 0 bridgehead atoms. The van der Waals surface area contributed by atoms with Crippen molar-refractivity contribution in [2.45, 2.75) is 25.8 Å². The van der Waals surface area contributed by atoms with Gasteiger partial charge in [-0.2, -0.15) is 4.99 Å². The predicted octanol–water partition coefficient (Wildman–Crippen LogP) is 3.82. The van der Waals surface area contributed by atoms with Gasteiger partial charge in [0.05, 0.1) is 18.9 Å². The van der Waals surface area contributed by atoms with Gasteiger partial charge >= 0.3 is 6.03 Å². The topological polar surface area (TPSA) is 50.7 Å². The molecule has 0 radical (unpaired) electrons. The first kappa shape index (κ1) is 14.9. The summed E-state index contributed by atoms with van der Waals surface area (Å²) in [5.74, 6) is 1.000. The van der Waals surface area contributed by atoms with Crippen LogP contribution in [-0.4, -0.2) is 18.9 Å². The van der Waals surface area contributed by atoms with E-state index in [4.69, 9.17) is 4.74 Å². The molecule has 2 aromatic carbocycles. The van der Waals surface area contributed by atoms with Gasteiger partial charge in [-0.1, -0.05) is 35.9 Å². The molecule has 4 heteroatoms. The Morgan fingerprint density at radius 3 is 2.71 bits per heavy atom. The van der Waals surface area contributed by atoms with Crippen LogP contribution >= 0.6 is 0 Å². The van der Waals surface area contributed by atoms with Gasteiger partial charge in [0.1, 0.15) is 5.75 Å². The predicted molar refractivity (Wildman–Crippen MR) is 93.8 cm³/mol. The molecule has 1 aliphatic carbocycles. The molecule has 1 aliphatic heterocycles. The van der Waals surface area contributed by atoms with E-state index >= 15 is 0 Å². The summed E-state index contributed by atoms with van der Waals surface area (Å²) in [7, 11) is 1.66. The lowest BCUT2D eigenvalue weighted by atomic mass is 9.75. The standard InChI is InChI=1S/C20H20N2O2/c1-12-3-5-14(6-4-12)18-16-10-8-13-7-9-15(24-2)11-17(13)19(16)22-20(23)21-18/h3-7,9,11,16,18H,8,10H2,1-2H3,(H,21,23). The molecule has 2 aromatic rings. The van der Waals surface area contributed by atoms with Gasteiger partial charge in [-0.15, -0.1) is 0 Å². The summed E-state index contributed by atoms with van der Waals surface area (Å²) in [6.45, 7) is 2.07. The van der Waals surface area contributed by atoms with Gasteiger partial charge in [-0.25, -0.2) is 4.79 Å². The van der Waals surface area contributed by atoms with Crippen LogP contribution in [0.2, 0.25) is 0 Å². The molecule has 0 saturated carbocycles. The van der Waals surface area contributed by atoms with Gasteiger partial charge in [-0.3, -0.25) is 0 Å². The van der Waals surface area contributed by atoms with Crippen molar-refractivity contribution in [2.24, 2.45) is 10.9 Å². The second-order valence-electron chi connectivity index (χ2n) is 6.50. The first-order valence-electron chi connectivity index (χ1n) is 8.28. The number of fused-ring (bicyclic) bond motifs is 3. The number of amides is 2. The Balaban J connectivity index is 1.78. The number of carbonyl (C=O) groups is 1. The molecule has 1 heterocycles. The van der Waals surface area contributed by atoms with Crippen LogP contribution in [0.25, 0.3) is 0 Å². The zero-order valence-electron chi connectivity index (χ0n) is 13.9. The highest BCUT2D eigenvalue weighted by molar-refractivity contribution is 6.11. The SMILES string of the molecule is COc1ccc2c(c1)C1=NC(=O)NC(c3ccc(C)cc3)C1CC2. The van der Waals surface area contributed by atoms with E-state index in [9.17, 15) is 4.79 Å². The maximum absolute atomic E-state index is 12.2. The molecule has 2 amide bonds. The van der Waals surface area contributed by atoms with Crippen molar-refractivity contribution in [3.8, 4) is 5.75 Å². The van der Waals surface area contributed by atoms with Gasteiger partial charge in [0.2, 0.25) is 0 Å². The van der Waals surface area contributed by atoms with E-state index < -0.39 is 0 Å². The monoisotopic (exact) mass is 320 g/mol. The van der Waals surface area contributed by atoms with Crippen LogP contribution in [0.15, 0.2) is 47.5 Å². The second-order valence-corrected chi connectivity index (χ2v) is 6.50. The summed E-state index contributed by atoms with van der Waals surface area (Å²) in [5, 5.41) is 3.05. The lowest BCUT2D eigenvalue weighted by Gasteiger charge is -2.36. The Kier molecular flexibility index (Phi) is 3.60. The Morgan fingerprint density at radius 2 is 1.96 bits per heavy atom. The molecular weight excluding hydrogens is 300 g/mol. The van der Waals surface area contributed by atoms with Gasteiger partial charge in [0.25, 0.3) is 0 Å². The maximum atomic E-state index is 12.2. The van der Waals surface area contributed by atoms with E-state index in [0.29, 0.717) is 0 Å². The average Bonchev–Trinajstić information content (AvgIpc) is 2.61. The van der Waals surface area contributed by atoms with Gasteiger partial charge in [0, 0.05) is 11.5 Å². The van der Waals surface area contributed by atoms with Gasteiger partial charge in [-0.05, 0) is 43.0 Å². The average molecular weight is 320 g/mol. The van der Waals surface area contributed by atoms with Crippen LogP contribution in [0.3, 0.4) is 0 Å². The molecule has 0 saturated heterocycles. The number of urea groups is 1. The minimum atomic E-state index is -0.262. The molecule has 24 heavy (non-hydrogen) atoms. The fourth-order valence-corrected chi connectivity index (χ4v) is 3.72. The number of ether oxygens (including phenoxy) is 1. The number of methoxy groups -OCH3 is 1. The summed E-state index contributed by atoms with van der Waals surface area (Å²) < 4.78 is 5.36. The summed E-state index contributed by atoms with van der Waals surface area (Å²) >= 11 is 0. The zero-order chi connectivity index (χ0) is 16.7. The quantitative estimate of drug-likeness (QED) is 0.914. The van der Waals surface area contributed by atoms with Crippen LogP contribution in [-0.2, 0) is 6.42 Å². The molecule has 2 aliphatic rings. The molecule has 2 unspecified atom stereocenters. The van der Waals surface area contributed by atoms with Crippen molar-refractivity contribution in [2.75, 3.05) is 7.11 Å². The molecule has 4 rings (SSSR count). The molecule has 0 spiro atoms. The smallest absolute Gasteiger partial charge is 0.341 e. The Hall–Kier alpha value is -2.62. The molecule has 4 nitrogen and oxygen atoms in total. The van der Waals surface area contributed by atoms with Crippen molar-refractivity contribution >= 4 is 11.7 Å². The number of hydrogen-bond acceptors (Lipinski definition) is 2. The van der Waals surface area contributed by atoms with E-state index in [0.717, 1.165) is 35.4 Å².